The third-order valence-corrected chi connectivity index (χ3v) is 3.83. The quantitative estimate of drug-likeness (QED) is 0.514. The number of ether oxygens (including phenoxy) is 2. The smallest absolute Gasteiger partial charge is 0.422 e. The summed E-state index contributed by atoms with van der Waals surface area (Å²) < 4.78 is 47.6. The van der Waals surface area contributed by atoms with Gasteiger partial charge in [0.15, 0.2) is 12.6 Å². The molecule has 1 heterocycles. The lowest BCUT2D eigenvalue weighted by molar-refractivity contribution is -0.153. The van der Waals surface area contributed by atoms with E-state index in [1.807, 2.05) is 19.1 Å². The Balaban J connectivity index is 2.07. The van der Waals surface area contributed by atoms with Crippen LogP contribution in [0.25, 0.3) is 0 Å². The van der Waals surface area contributed by atoms with Gasteiger partial charge in [0, 0.05) is 30.9 Å². The summed E-state index contributed by atoms with van der Waals surface area (Å²) in [7, 11) is 1.54. The molecular formula is C20H25F3N4O2. The molecule has 0 aliphatic rings. The fourth-order valence-corrected chi connectivity index (χ4v) is 2.45. The van der Waals surface area contributed by atoms with Crippen molar-refractivity contribution < 1.29 is 22.6 Å². The lowest BCUT2D eigenvalue weighted by atomic mass is 10.1. The topological polar surface area (TPSA) is 67.8 Å². The van der Waals surface area contributed by atoms with Crippen LogP contribution in [0.1, 0.15) is 23.6 Å². The molecule has 0 aliphatic heterocycles. The Bertz CT molecular complexity index is 826. The third-order valence-electron chi connectivity index (χ3n) is 3.83. The van der Waals surface area contributed by atoms with Crippen LogP contribution in [0.2, 0.25) is 0 Å². The number of benzene rings is 1. The van der Waals surface area contributed by atoms with Gasteiger partial charge in [-0.2, -0.15) is 13.2 Å². The first-order valence-electron chi connectivity index (χ1n) is 9.11. The maximum atomic E-state index is 12.5. The molecule has 1 aromatic carbocycles. The lowest BCUT2D eigenvalue weighted by Crippen LogP contribution is -2.37. The van der Waals surface area contributed by atoms with Crippen molar-refractivity contribution in [2.45, 2.75) is 33.1 Å². The molecule has 6 nitrogen and oxygen atoms in total. The summed E-state index contributed by atoms with van der Waals surface area (Å²) in [6.45, 7) is 3.68. The molecule has 2 rings (SSSR count). The van der Waals surface area contributed by atoms with E-state index in [2.05, 4.69) is 20.6 Å². The van der Waals surface area contributed by atoms with Crippen molar-refractivity contribution in [3.05, 3.63) is 53.2 Å². The maximum Gasteiger partial charge on any atom is 0.422 e. The van der Waals surface area contributed by atoms with Gasteiger partial charge in [0.2, 0.25) is 5.88 Å². The molecule has 0 aliphatic carbocycles. The average Bonchev–Trinajstić information content (AvgIpc) is 2.69. The average molecular weight is 410 g/mol. The first kappa shape index (κ1) is 22.3. The van der Waals surface area contributed by atoms with E-state index in [1.54, 1.807) is 38.4 Å². The van der Waals surface area contributed by atoms with Crippen molar-refractivity contribution in [1.82, 2.24) is 15.6 Å². The highest BCUT2D eigenvalue weighted by molar-refractivity contribution is 5.79. The van der Waals surface area contributed by atoms with Crippen LogP contribution in [-0.2, 0) is 13.1 Å². The van der Waals surface area contributed by atoms with Crippen molar-refractivity contribution >= 4 is 5.96 Å². The molecule has 0 radical (unpaired) electrons. The second-order valence-corrected chi connectivity index (χ2v) is 6.27. The minimum atomic E-state index is -4.39. The Hall–Kier alpha value is -2.97. The molecule has 0 saturated carbocycles. The number of guanidine groups is 1. The number of nitrogens with zero attached hydrogens (tertiary/aromatic N) is 2. The van der Waals surface area contributed by atoms with Gasteiger partial charge in [-0.3, -0.25) is 0 Å². The molecule has 0 spiro atoms. The zero-order chi connectivity index (χ0) is 21.3. The molecule has 29 heavy (non-hydrogen) atoms. The molecule has 158 valence electrons. The first-order valence-corrected chi connectivity index (χ1v) is 9.11. The first-order chi connectivity index (χ1) is 13.8. The van der Waals surface area contributed by atoms with Crippen LogP contribution in [0, 0.1) is 6.92 Å². The number of hydrogen-bond donors (Lipinski definition) is 2. The molecule has 0 amide bonds. The van der Waals surface area contributed by atoms with E-state index in [0.29, 0.717) is 30.5 Å². The number of halogens is 3. The fourth-order valence-electron chi connectivity index (χ4n) is 2.45. The molecule has 1 aromatic heterocycles. The predicted octanol–water partition coefficient (Wildman–Crippen LogP) is 3.60. The minimum absolute atomic E-state index is 0.199. The molecular weight excluding hydrogens is 385 g/mol. The molecule has 0 unspecified atom stereocenters. The highest BCUT2D eigenvalue weighted by Crippen LogP contribution is 2.23. The van der Waals surface area contributed by atoms with Crippen LogP contribution in [0.5, 0.6) is 11.6 Å². The number of aromatic nitrogens is 1. The third kappa shape index (κ3) is 7.89. The van der Waals surface area contributed by atoms with E-state index >= 15 is 0 Å². The standard InChI is InChI=1S/C20H25F3N4O2/c1-4-24-19(26-11-15-7-8-25-18(10-15)28-3)27-12-16-6-5-14(2)9-17(16)29-13-20(21,22)23/h5-10H,4,11-13H2,1-3H3,(H2,24,26,27). The van der Waals surface area contributed by atoms with E-state index in [-0.39, 0.29) is 12.3 Å². The van der Waals surface area contributed by atoms with Gasteiger partial charge >= 0.3 is 6.18 Å². The van der Waals surface area contributed by atoms with Gasteiger partial charge in [0.05, 0.1) is 13.7 Å². The summed E-state index contributed by atoms with van der Waals surface area (Å²) in [6, 6.07) is 8.78. The molecule has 0 fully saturated rings. The zero-order valence-corrected chi connectivity index (χ0v) is 16.6. The number of nitrogens with one attached hydrogen (secondary N) is 2. The highest BCUT2D eigenvalue weighted by atomic mass is 19.4. The number of aliphatic imine (C=N–C) groups is 1. The van der Waals surface area contributed by atoms with Crippen molar-refractivity contribution in [2.75, 3.05) is 20.3 Å². The summed E-state index contributed by atoms with van der Waals surface area (Å²) in [5.74, 6) is 1.23. The summed E-state index contributed by atoms with van der Waals surface area (Å²) in [5.41, 5.74) is 2.34. The number of hydrogen-bond acceptors (Lipinski definition) is 4. The van der Waals surface area contributed by atoms with Crippen molar-refractivity contribution in [1.29, 1.82) is 0 Å². The number of alkyl halides is 3. The zero-order valence-electron chi connectivity index (χ0n) is 16.6. The fraction of sp³-hybridized carbons (Fsp3) is 0.400. The Morgan fingerprint density at radius 3 is 2.66 bits per heavy atom. The number of aryl methyl sites for hydroxylation is 1. The van der Waals surface area contributed by atoms with Gasteiger partial charge in [-0.25, -0.2) is 9.98 Å². The SMILES string of the molecule is CCNC(=NCc1ccnc(OC)c1)NCc1ccc(C)cc1OCC(F)(F)F. The molecule has 2 N–H and O–H groups in total. The highest BCUT2D eigenvalue weighted by Gasteiger charge is 2.28. The maximum absolute atomic E-state index is 12.5. The van der Waals surface area contributed by atoms with Gasteiger partial charge in [-0.1, -0.05) is 12.1 Å². The van der Waals surface area contributed by atoms with Gasteiger partial charge in [0.25, 0.3) is 0 Å². The van der Waals surface area contributed by atoms with Crippen molar-refractivity contribution in [3.63, 3.8) is 0 Å². The Kier molecular flexibility index (Phi) is 8.11. The molecule has 2 aromatic rings. The largest absolute Gasteiger partial charge is 0.484 e. The number of rotatable bonds is 8. The summed E-state index contributed by atoms with van der Waals surface area (Å²) >= 11 is 0. The Morgan fingerprint density at radius 2 is 1.97 bits per heavy atom. The molecule has 0 bridgehead atoms. The monoisotopic (exact) mass is 410 g/mol. The summed E-state index contributed by atoms with van der Waals surface area (Å²) in [5, 5.41) is 6.23. The van der Waals surface area contributed by atoms with Crippen LogP contribution >= 0.6 is 0 Å². The minimum Gasteiger partial charge on any atom is -0.484 e. The van der Waals surface area contributed by atoms with Crippen molar-refractivity contribution in [2.24, 2.45) is 4.99 Å². The summed E-state index contributed by atoms with van der Waals surface area (Å²) in [4.78, 5) is 8.55. The molecule has 0 atom stereocenters. The van der Waals surface area contributed by atoms with Gasteiger partial charge in [-0.05, 0) is 37.1 Å². The van der Waals surface area contributed by atoms with E-state index in [1.165, 1.54) is 0 Å². The van der Waals surface area contributed by atoms with Crippen LogP contribution in [0.4, 0.5) is 13.2 Å². The number of methoxy groups -OCH3 is 1. The molecule has 0 saturated heterocycles. The lowest BCUT2D eigenvalue weighted by Gasteiger charge is -2.16. The summed E-state index contributed by atoms with van der Waals surface area (Å²) in [6.07, 6.45) is -2.75. The van der Waals surface area contributed by atoms with Crippen LogP contribution in [0.15, 0.2) is 41.5 Å². The van der Waals surface area contributed by atoms with E-state index < -0.39 is 12.8 Å². The Morgan fingerprint density at radius 1 is 1.17 bits per heavy atom. The van der Waals surface area contributed by atoms with Crippen LogP contribution in [0.3, 0.4) is 0 Å². The molecule has 9 heteroatoms. The van der Waals surface area contributed by atoms with Gasteiger partial charge in [-0.15, -0.1) is 0 Å². The normalized spacial score (nSPS) is 11.9. The van der Waals surface area contributed by atoms with Crippen LogP contribution < -0.4 is 20.1 Å². The predicted molar refractivity (Wildman–Crippen MR) is 105 cm³/mol. The van der Waals surface area contributed by atoms with Gasteiger partial charge < -0.3 is 20.1 Å². The van der Waals surface area contributed by atoms with E-state index in [0.717, 1.165) is 11.1 Å². The second kappa shape index (κ2) is 10.5. The van der Waals surface area contributed by atoms with Crippen LogP contribution in [-0.4, -0.2) is 37.4 Å². The second-order valence-electron chi connectivity index (χ2n) is 6.27. The van der Waals surface area contributed by atoms with E-state index in [9.17, 15) is 13.2 Å². The van der Waals surface area contributed by atoms with E-state index in [4.69, 9.17) is 9.47 Å². The number of pyridine rings is 1. The van der Waals surface area contributed by atoms with Gasteiger partial charge in [0.1, 0.15) is 5.75 Å². The Labute approximate surface area is 168 Å². The van der Waals surface area contributed by atoms with Crippen molar-refractivity contribution in [3.8, 4) is 11.6 Å².